The van der Waals surface area contributed by atoms with Gasteiger partial charge in [-0.15, -0.1) is 0 Å². The van der Waals surface area contributed by atoms with Crippen molar-refractivity contribution in [3.63, 3.8) is 0 Å². The summed E-state index contributed by atoms with van der Waals surface area (Å²) in [6.45, 7) is 1.70. The molecule has 3 atom stereocenters. The van der Waals surface area contributed by atoms with Gasteiger partial charge >= 0.3 is 12.2 Å². The fraction of sp³-hybridized carbons (Fsp3) is 0.458. The number of hydrogen-bond donors (Lipinski definition) is 2. The van der Waals surface area contributed by atoms with Crippen LogP contribution in [0.3, 0.4) is 0 Å². The maximum Gasteiger partial charge on any atom is 0.390 e. The van der Waals surface area contributed by atoms with Gasteiger partial charge in [0.15, 0.2) is 11.7 Å². The number of aryl methyl sites for hydroxylation is 1. The first-order valence-electron chi connectivity index (χ1n) is 11.5. The zero-order chi connectivity index (χ0) is 23.9. The highest BCUT2D eigenvalue weighted by molar-refractivity contribution is 5.93. The summed E-state index contributed by atoms with van der Waals surface area (Å²) in [6, 6.07) is 7.50. The van der Waals surface area contributed by atoms with E-state index in [1.54, 1.807) is 19.3 Å². The van der Waals surface area contributed by atoms with E-state index in [0.29, 0.717) is 30.3 Å². The first-order valence-corrected chi connectivity index (χ1v) is 11.5. The highest BCUT2D eigenvalue weighted by atomic mass is 19.4. The predicted octanol–water partition coefficient (Wildman–Crippen LogP) is 5.27. The molecule has 7 nitrogen and oxygen atoms in total. The maximum atomic E-state index is 13.1. The number of aromatic nitrogens is 2. The third kappa shape index (κ3) is 4.86. The van der Waals surface area contributed by atoms with E-state index in [0.717, 1.165) is 29.2 Å². The van der Waals surface area contributed by atoms with Crippen molar-refractivity contribution in [1.82, 2.24) is 20.2 Å². The number of nitrogens with zero attached hydrogens (tertiary/aromatic N) is 3. The number of piperidine rings is 1. The van der Waals surface area contributed by atoms with Crippen LogP contribution in [0.25, 0.3) is 22.1 Å². The highest BCUT2D eigenvalue weighted by Gasteiger charge is 2.43. The molecular weight excluding hydrogens is 447 g/mol. The van der Waals surface area contributed by atoms with Crippen LogP contribution in [0.2, 0.25) is 0 Å². The summed E-state index contributed by atoms with van der Waals surface area (Å²) in [5.74, 6) is 1.71. The van der Waals surface area contributed by atoms with E-state index in [-0.39, 0.29) is 30.7 Å². The minimum absolute atomic E-state index is 0.000780. The number of hydrogen-bond acceptors (Lipinski definition) is 5. The van der Waals surface area contributed by atoms with Crippen molar-refractivity contribution in [3.05, 3.63) is 42.5 Å². The zero-order valence-electron chi connectivity index (χ0n) is 18.7. The Bertz CT molecular complexity index is 1180. The van der Waals surface area contributed by atoms with Gasteiger partial charge in [0.1, 0.15) is 5.82 Å². The maximum absolute atomic E-state index is 13.1. The number of amides is 2. The molecule has 4 heterocycles. The number of carbonyl (C=O) groups is 1. The van der Waals surface area contributed by atoms with Crippen LogP contribution in [0.5, 0.6) is 0 Å². The number of nitrogens with one attached hydrogen (secondary N) is 2. The molecule has 0 aliphatic carbocycles. The molecular formula is C24H26F3N5O2. The first-order chi connectivity index (χ1) is 16.2. The van der Waals surface area contributed by atoms with E-state index in [4.69, 9.17) is 4.42 Å². The number of rotatable bonds is 5. The molecule has 2 aliphatic heterocycles. The lowest BCUT2D eigenvalue weighted by molar-refractivity contribution is -0.133. The highest BCUT2D eigenvalue weighted by Crippen LogP contribution is 2.36. The van der Waals surface area contributed by atoms with E-state index in [1.165, 1.54) is 0 Å². The number of alkyl halides is 3. The minimum atomic E-state index is -4.16. The summed E-state index contributed by atoms with van der Waals surface area (Å²) >= 11 is 0. The standard InChI is InChI=1S/C24H26F3N5O2/c1-14-29-13-21(34-14)15-2-3-16-12-30-22(9-17(16)8-15)31-23(33)32-19-4-5-20(32)11-18(10-19)28-7-6-24(25,26)27/h2-3,8-9,12-13,18-20,28H,4-7,10-11H2,1H3,(H,30,31,33)/t18?,19-,20+. The molecule has 1 aromatic carbocycles. The van der Waals surface area contributed by atoms with E-state index in [1.807, 2.05) is 29.2 Å². The van der Waals surface area contributed by atoms with Crippen molar-refractivity contribution >= 4 is 22.6 Å². The number of carbonyl (C=O) groups excluding carboxylic acids is 1. The van der Waals surface area contributed by atoms with Gasteiger partial charge in [0.2, 0.25) is 0 Å². The number of urea groups is 1. The van der Waals surface area contributed by atoms with Crippen LogP contribution in [0, 0.1) is 6.92 Å². The van der Waals surface area contributed by atoms with Gasteiger partial charge in [0.05, 0.1) is 12.6 Å². The van der Waals surface area contributed by atoms with E-state index in [9.17, 15) is 18.0 Å². The molecule has 2 saturated heterocycles. The summed E-state index contributed by atoms with van der Waals surface area (Å²) in [6.07, 6.45) is 1.44. The Labute approximate surface area is 194 Å². The van der Waals surface area contributed by atoms with Crippen LogP contribution in [0.15, 0.2) is 41.1 Å². The summed E-state index contributed by atoms with van der Waals surface area (Å²) in [5.41, 5.74) is 0.884. The Hall–Kier alpha value is -3.14. The lowest BCUT2D eigenvalue weighted by Gasteiger charge is -2.39. The van der Waals surface area contributed by atoms with E-state index >= 15 is 0 Å². The molecule has 2 bridgehead atoms. The van der Waals surface area contributed by atoms with E-state index < -0.39 is 12.6 Å². The Kier molecular flexibility index (Phi) is 5.93. The quantitative estimate of drug-likeness (QED) is 0.528. The number of fused-ring (bicyclic) bond motifs is 3. The van der Waals surface area contributed by atoms with Crippen molar-refractivity contribution < 1.29 is 22.4 Å². The molecule has 0 spiro atoms. The normalized spacial score (nSPS) is 22.4. The van der Waals surface area contributed by atoms with Gasteiger partial charge in [-0.25, -0.2) is 14.8 Å². The third-order valence-electron chi connectivity index (χ3n) is 6.67. The summed E-state index contributed by atoms with van der Waals surface area (Å²) < 4.78 is 42.9. The molecule has 180 valence electrons. The lowest BCUT2D eigenvalue weighted by Crippen LogP contribution is -2.53. The van der Waals surface area contributed by atoms with E-state index in [2.05, 4.69) is 20.6 Å². The Morgan fingerprint density at radius 2 is 1.88 bits per heavy atom. The average molecular weight is 473 g/mol. The molecule has 2 amide bonds. The number of pyridine rings is 1. The SMILES string of the molecule is Cc1ncc(-c2ccc3cnc(NC(=O)N4[C@@H]5CC[C@H]4CC(NCCC(F)(F)F)C5)cc3c2)o1. The fourth-order valence-electron chi connectivity index (χ4n) is 5.12. The van der Waals surface area contributed by atoms with Gasteiger partial charge in [-0.2, -0.15) is 13.2 Å². The molecule has 1 unspecified atom stereocenters. The van der Waals surface area contributed by atoms with Gasteiger partial charge in [-0.1, -0.05) is 12.1 Å². The van der Waals surface area contributed by atoms with Crippen molar-refractivity contribution in [2.75, 3.05) is 11.9 Å². The Morgan fingerprint density at radius 3 is 2.56 bits per heavy atom. The second-order valence-electron chi connectivity index (χ2n) is 9.09. The Balaban J connectivity index is 1.25. The van der Waals surface area contributed by atoms with Crippen molar-refractivity contribution in [2.24, 2.45) is 0 Å². The monoisotopic (exact) mass is 473 g/mol. The molecule has 0 saturated carbocycles. The van der Waals surface area contributed by atoms with Gasteiger partial charge in [-0.3, -0.25) is 5.32 Å². The molecule has 10 heteroatoms. The van der Waals surface area contributed by atoms with Crippen LogP contribution in [-0.4, -0.2) is 51.7 Å². The molecule has 34 heavy (non-hydrogen) atoms. The van der Waals surface area contributed by atoms with Gasteiger partial charge < -0.3 is 14.6 Å². The first kappa shape index (κ1) is 22.6. The van der Waals surface area contributed by atoms with Crippen LogP contribution in [0.4, 0.5) is 23.8 Å². The molecule has 2 fully saturated rings. The van der Waals surface area contributed by atoms with Crippen LogP contribution >= 0.6 is 0 Å². The van der Waals surface area contributed by atoms with Crippen LogP contribution in [0.1, 0.15) is 38.0 Å². The van der Waals surface area contributed by atoms with Gasteiger partial charge in [0.25, 0.3) is 0 Å². The summed E-state index contributed by atoms with van der Waals surface area (Å²) in [4.78, 5) is 23.5. The molecule has 2 N–H and O–H groups in total. The predicted molar refractivity (Wildman–Crippen MR) is 121 cm³/mol. The van der Waals surface area contributed by atoms with Crippen molar-refractivity contribution in [3.8, 4) is 11.3 Å². The van der Waals surface area contributed by atoms with Crippen LogP contribution < -0.4 is 10.6 Å². The number of anilines is 1. The van der Waals surface area contributed by atoms with Crippen molar-refractivity contribution in [1.29, 1.82) is 0 Å². The molecule has 0 radical (unpaired) electrons. The second kappa shape index (κ2) is 8.90. The number of benzene rings is 1. The number of halogens is 3. The topological polar surface area (TPSA) is 83.3 Å². The lowest BCUT2D eigenvalue weighted by atomic mass is 9.97. The van der Waals surface area contributed by atoms with Crippen LogP contribution in [-0.2, 0) is 0 Å². The van der Waals surface area contributed by atoms with Gasteiger partial charge in [-0.05, 0) is 43.2 Å². The largest absolute Gasteiger partial charge is 0.441 e. The summed E-state index contributed by atoms with van der Waals surface area (Å²) in [7, 11) is 0. The van der Waals surface area contributed by atoms with Gasteiger partial charge in [0, 0.05) is 48.7 Å². The smallest absolute Gasteiger partial charge is 0.390 e. The number of oxazole rings is 1. The molecule has 2 aromatic heterocycles. The molecule has 5 rings (SSSR count). The third-order valence-corrected chi connectivity index (χ3v) is 6.67. The Morgan fingerprint density at radius 1 is 1.12 bits per heavy atom. The average Bonchev–Trinajstić information content (AvgIpc) is 3.33. The molecule has 3 aromatic rings. The minimum Gasteiger partial charge on any atom is -0.441 e. The summed E-state index contributed by atoms with van der Waals surface area (Å²) in [5, 5.41) is 7.79. The molecule has 2 aliphatic rings. The second-order valence-corrected chi connectivity index (χ2v) is 9.09. The zero-order valence-corrected chi connectivity index (χ0v) is 18.7. The fourth-order valence-corrected chi connectivity index (χ4v) is 5.12. The van der Waals surface area contributed by atoms with Crippen molar-refractivity contribution in [2.45, 2.75) is 63.3 Å².